The number of amides is 1. The van der Waals surface area contributed by atoms with E-state index in [-0.39, 0.29) is 18.3 Å². The lowest BCUT2D eigenvalue weighted by Gasteiger charge is -2.22. The summed E-state index contributed by atoms with van der Waals surface area (Å²) < 4.78 is 56.8. The van der Waals surface area contributed by atoms with Gasteiger partial charge in [-0.2, -0.15) is 13.2 Å². The molecule has 0 aliphatic carbocycles. The van der Waals surface area contributed by atoms with Gasteiger partial charge in [-0.1, -0.05) is 26.0 Å². The van der Waals surface area contributed by atoms with Gasteiger partial charge in [-0.3, -0.25) is 9.59 Å². The Bertz CT molecular complexity index is 1410. The monoisotopic (exact) mass is 516 g/mol. The van der Waals surface area contributed by atoms with Crippen molar-refractivity contribution in [2.24, 2.45) is 0 Å². The molecule has 5 nitrogen and oxygen atoms in total. The Morgan fingerprint density at radius 3 is 2.42 bits per heavy atom. The number of halogens is 4. The summed E-state index contributed by atoms with van der Waals surface area (Å²) in [5.41, 5.74) is 1.45. The number of nitrogens with one attached hydrogen (secondary N) is 1. The zero-order valence-electron chi connectivity index (χ0n) is 19.2. The van der Waals surface area contributed by atoms with Crippen LogP contribution >= 0.6 is 11.3 Å². The number of hydrogen-bond acceptors (Lipinski definition) is 5. The normalized spacial score (nSPS) is 11.9. The SMILES string of the molecule is CC(C)(CNC(=O)c1cccc(-c2ccc(C(=O)C(F)(F)F)s2)c1)c1coc(-c2ccc(F)cc2)n1. The molecule has 4 rings (SSSR count). The lowest BCUT2D eigenvalue weighted by Crippen LogP contribution is -2.36. The number of aromatic nitrogens is 1. The number of Topliss-reactive ketones (excluding diaryl/α,β-unsaturated/α-hetero) is 1. The lowest BCUT2D eigenvalue weighted by atomic mass is 9.90. The summed E-state index contributed by atoms with van der Waals surface area (Å²) >= 11 is 0.717. The molecule has 0 radical (unpaired) electrons. The summed E-state index contributed by atoms with van der Waals surface area (Å²) in [6.07, 6.45) is -3.46. The summed E-state index contributed by atoms with van der Waals surface area (Å²) in [6, 6.07) is 14.7. The van der Waals surface area contributed by atoms with Gasteiger partial charge < -0.3 is 9.73 Å². The highest BCUT2D eigenvalue weighted by molar-refractivity contribution is 7.17. The Balaban J connectivity index is 1.44. The predicted molar refractivity (Wildman–Crippen MR) is 127 cm³/mol. The number of alkyl halides is 3. The van der Waals surface area contributed by atoms with Crippen LogP contribution in [0.5, 0.6) is 0 Å². The van der Waals surface area contributed by atoms with E-state index in [1.54, 1.807) is 36.4 Å². The Labute approximate surface area is 207 Å². The summed E-state index contributed by atoms with van der Waals surface area (Å²) in [6.45, 7) is 3.97. The van der Waals surface area contributed by atoms with Crippen molar-refractivity contribution in [1.29, 1.82) is 0 Å². The Morgan fingerprint density at radius 2 is 1.72 bits per heavy atom. The van der Waals surface area contributed by atoms with E-state index in [4.69, 9.17) is 4.42 Å². The fraction of sp³-hybridized carbons (Fsp3) is 0.192. The number of rotatable bonds is 7. The van der Waals surface area contributed by atoms with Crippen LogP contribution in [0.15, 0.2) is 71.3 Å². The van der Waals surface area contributed by atoms with Crippen molar-refractivity contribution in [3.05, 3.63) is 88.9 Å². The standard InChI is InChI=1S/C26H20F4N2O3S/c1-25(2,21-13-35-24(32-21)15-6-8-18(27)9-7-15)14-31-23(34)17-5-3-4-16(12-17)19-10-11-20(36-19)22(33)26(28,29)30/h3-13H,14H2,1-2H3,(H,31,34). The number of nitrogens with zero attached hydrogens (tertiary/aromatic N) is 1. The highest BCUT2D eigenvalue weighted by atomic mass is 32.1. The maximum Gasteiger partial charge on any atom is 0.455 e. The molecule has 36 heavy (non-hydrogen) atoms. The fourth-order valence-corrected chi connectivity index (χ4v) is 4.33. The van der Waals surface area contributed by atoms with Gasteiger partial charge in [-0.25, -0.2) is 9.37 Å². The van der Waals surface area contributed by atoms with Crippen LogP contribution in [-0.2, 0) is 5.41 Å². The zero-order chi connectivity index (χ0) is 26.1. The highest BCUT2D eigenvalue weighted by Gasteiger charge is 2.40. The number of benzene rings is 2. The molecule has 0 saturated carbocycles. The molecule has 4 aromatic rings. The molecule has 10 heteroatoms. The first-order chi connectivity index (χ1) is 16.9. The van der Waals surface area contributed by atoms with E-state index in [2.05, 4.69) is 10.3 Å². The quantitative estimate of drug-likeness (QED) is 0.220. The molecule has 186 valence electrons. The van der Waals surface area contributed by atoms with Crippen LogP contribution in [0.25, 0.3) is 21.9 Å². The van der Waals surface area contributed by atoms with Crippen LogP contribution in [0.1, 0.15) is 39.6 Å². The molecule has 0 atom stereocenters. The summed E-state index contributed by atoms with van der Waals surface area (Å²) in [4.78, 5) is 28.8. The van der Waals surface area contributed by atoms with Gasteiger partial charge in [-0.15, -0.1) is 11.3 Å². The Hall–Kier alpha value is -3.79. The van der Waals surface area contributed by atoms with E-state index < -0.39 is 22.3 Å². The Morgan fingerprint density at radius 1 is 1.00 bits per heavy atom. The van der Waals surface area contributed by atoms with Crippen LogP contribution in [0, 0.1) is 5.82 Å². The van der Waals surface area contributed by atoms with Crippen LogP contribution in [-0.4, -0.2) is 29.4 Å². The minimum absolute atomic E-state index is 0.217. The van der Waals surface area contributed by atoms with Crippen molar-refractivity contribution >= 4 is 23.0 Å². The topological polar surface area (TPSA) is 72.2 Å². The van der Waals surface area contributed by atoms with Crippen molar-refractivity contribution in [1.82, 2.24) is 10.3 Å². The molecule has 0 saturated heterocycles. The molecule has 2 aromatic heterocycles. The molecule has 2 aromatic carbocycles. The molecule has 1 N–H and O–H groups in total. The van der Waals surface area contributed by atoms with Gasteiger partial charge in [0.15, 0.2) is 0 Å². The lowest BCUT2D eigenvalue weighted by molar-refractivity contribution is -0.0882. The van der Waals surface area contributed by atoms with Gasteiger partial charge in [0.25, 0.3) is 11.7 Å². The third-order valence-corrected chi connectivity index (χ3v) is 6.61. The highest BCUT2D eigenvalue weighted by Crippen LogP contribution is 2.32. The van der Waals surface area contributed by atoms with Crippen molar-refractivity contribution < 1.29 is 31.6 Å². The van der Waals surface area contributed by atoms with E-state index in [1.807, 2.05) is 13.8 Å². The van der Waals surface area contributed by atoms with Crippen molar-refractivity contribution in [2.45, 2.75) is 25.4 Å². The molecule has 1 amide bonds. The summed E-state index contributed by atoms with van der Waals surface area (Å²) in [7, 11) is 0. The van der Waals surface area contributed by atoms with Crippen molar-refractivity contribution in [3.8, 4) is 21.9 Å². The molecule has 0 fully saturated rings. The fourth-order valence-electron chi connectivity index (χ4n) is 3.37. The number of ketones is 1. The van der Waals surface area contributed by atoms with E-state index in [0.717, 1.165) is 6.07 Å². The van der Waals surface area contributed by atoms with E-state index in [1.165, 1.54) is 24.5 Å². The average molecular weight is 517 g/mol. The number of carbonyl (C=O) groups is 2. The van der Waals surface area contributed by atoms with Crippen molar-refractivity contribution in [3.63, 3.8) is 0 Å². The van der Waals surface area contributed by atoms with Crippen molar-refractivity contribution in [2.75, 3.05) is 6.54 Å². The van der Waals surface area contributed by atoms with Crippen LogP contribution in [0.2, 0.25) is 0 Å². The van der Waals surface area contributed by atoms with Gasteiger partial charge in [0.05, 0.1) is 10.6 Å². The molecular weight excluding hydrogens is 496 g/mol. The van der Waals surface area contributed by atoms with Gasteiger partial charge in [-0.05, 0) is 54.1 Å². The Kier molecular flexibility index (Phi) is 6.81. The molecule has 0 aliphatic heterocycles. The minimum atomic E-state index is -4.94. The van der Waals surface area contributed by atoms with E-state index >= 15 is 0 Å². The number of hydrogen-bond donors (Lipinski definition) is 1. The van der Waals surface area contributed by atoms with Crippen LogP contribution < -0.4 is 5.32 Å². The van der Waals surface area contributed by atoms with E-state index in [0.29, 0.717) is 44.5 Å². The molecular formula is C26H20F4N2O3S. The first kappa shape index (κ1) is 25.3. The summed E-state index contributed by atoms with van der Waals surface area (Å²) in [5, 5.41) is 2.85. The maximum atomic E-state index is 13.2. The molecule has 0 unspecified atom stereocenters. The number of oxazole rings is 1. The minimum Gasteiger partial charge on any atom is -0.444 e. The molecule has 0 spiro atoms. The predicted octanol–water partition coefficient (Wildman–Crippen LogP) is 6.66. The average Bonchev–Trinajstić information content (AvgIpc) is 3.53. The first-order valence-electron chi connectivity index (χ1n) is 10.8. The number of thiophene rings is 1. The number of carbonyl (C=O) groups excluding carboxylic acids is 2. The third-order valence-electron chi connectivity index (χ3n) is 5.48. The molecule has 2 heterocycles. The molecule has 0 aliphatic rings. The second kappa shape index (κ2) is 9.69. The van der Waals surface area contributed by atoms with Gasteiger partial charge in [0, 0.05) is 28.0 Å². The van der Waals surface area contributed by atoms with Crippen LogP contribution in [0.4, 0.5) is 17.6 Å². The first-order valence-corrected chi connectivity index (χ1v) is 11.6. The van der Waals surface area contributed by atoms with Gasteiger partial charge >= 0.3 is 6.18 Å². The van der Waals surface area contributed by atoms with E-state index in [9.17, 15) is 27.2 Å². The second-order valence-electron chi connectivity index (χ2n) is 8.68. The molecule has 0 bridgehead atoms. The smallest absolute Gasteiger partial charge is 0.444 e. The van der Waals surface area contributed by atoms with Gasteiger partial charge in [0.2, 0.25) is 5.89 Å². The second-order valence-corrected chi connectivity index (χ2v) is 9.77. The summed E-state index contributed by atoms with van der Waals surface area (Å²) in [5.74, 6) is -2.32. The largest absolute Gasteiger partial charge is 0.455 e. The van der Waals surface area contributed by atoms with Gasteiger partial charge in [0.1, 0.15) is 12.1 Å². The third kappa shape index (κ3) is 5.54. The zero-order valence-corrected chi connectivity index (χ0v) is 20.0. The maximum absolute atomic E-state index is 13.2. The van der Waals surface area contributed by atoms with Crippen LogP contribution in [0.3, 0.4) is 0 Å².